The van der Waals surface area contributed by atoms with Crippen molar-refractivity contribution in [2.24, 2.45) is 5.92 Å². The second kappa shape index (κ2) is 6.91. The van der Waals surface area contributed by atoms with Crippen LogP contribution in [0.5, 0.6) is 0 Å². The molecule has 2 aliphatic rings. The molecule has 1 aromatic heterocycles. The van der Waals surface area contributed by atoms with Crippen molar-refractivity contribution in [2.45, 2.75) is 19.8 Å². The smallest absolute Gasteiger partial charge is 0.320 e. The van der Waals surface area contributed by atoms with Gasteiger partial charge in [-0.05, 0) is 25.3 Å². The maximum Gasteiger partial charge on any atom is 0.320 e. The second-order valence-corrected chi connectivity index (χ2v) is 5.96. The van der Waals surface area contributed by atoms with Crippen LogP contribution in [0.25, 0.3) is 0 Å². The molecule has 1 aliphatic carbocycles. The van der Waals surface area contributed by atoms with Gasteiger partial charge in [-0.2, -0.15) is 0 Å². The summed E-state index contributed by atoms with van der Waals surface area (Å²) in [6.45, 7) is 8.03. The molecule has 7 heteroatoms. The number of nitrogens with zero attached hydrogens (tertiary/aromatic N) is 4. The minimum atomic E-state index is -0.188. The highest BCUT2D eigenvalue weighted by Crippen LogP contribution is 2.27. The molecular formula is C15H24N6O. The number of hydrogen-bond donors (Lipinski definition) is 2. The van der Waals surface area contributed by atoms with E-state index in [1.54, 1.807) is 0 Å². The Hall–Kier alpha value is -1.89. The highest BCUT2D eigenvalue weighted by Gasteiger charge is 2.22. The zero-order chi connectivity index (χ0) is 15.4. The van der Waals surface area contributed by atoms with Crippen LogP contribution in [0.3, 0.4) is 0 Å². The van der Waals surface area contributed by atoms with E-state index in [0.717, 1.165) is 45.1 Å². The van der Waals surface area contributed by atoms with Gasteiger partial charge >= 0.3 is 6.03 Å². The summed E-state index contributed by atoms with van der Waals surface area (Å²) < 4.78 is 0. The third kappa shape index (κ3) is 4.07. The molecule has 3 rings (SSSR count). The summed E-state index contributed by atoms with van der Waals surface area (Å²) in [6, 6.07) is 1.66. The molecule has 22 heavy (non-hydrogen) atoms. The Bertz CT molecular complexity index is 511. The molecule has 0 aromatic carbocycles. The minimum absolute atomic E-state index is 0.188. The molecule has 1 aromatic rings. The number of amides is 2. The Labute approximate surface area is 131 Å². The summed E-state index contributed by atoms with van der Waals surface area (Å²) in [5.74, 6) is 2.10. The first kappa shape index (κ1) is 15.0. The predicted molar refractivity (Wildman–Crippen MR) is 86.1 cm³/mol. The van der Waals surface area contributed by atoms with Gasteiger partial charge in [-0.1, -0.05) is 6.92 Å². The van der Waals surface area contributed by atoms with Gasteiger partial charge in [-0.3, -0.25) is 5.32 Å². The van der Waals surface area contributed by atoms with Crippen molar-refractivity contribution < 1.29 is 4.79 Å². The SMILES string of the molecule is CCN1CCN(c2cc(NC(=O)NCC3CC3)ncn2)CC1. The van der Waals surface area contributed by atoms with Gasteiger partial charge in [-0.15, -0.1) is 0 Å². The van der Waals surface area contributed by atoms with Crippen LogP contribution in [0, 0.1) is 5.92 Å². The van der Waals surface area contributed by atoms with E-state index in [4.69, 9.17) is 0 Å². The van der Waals surface area contributed by atoms with E-state index < -0.39 is 0 Å². The van der Waals surface area contributed by atoms with Crippen molar-refractivity contribution >= 4 is 17.7 Å². The van der Waals surface area contributed by atoms with Crippen LogP contribution in [0.1, 0.15) is 19.8 Å². The number of carbonyl (C=O) groups is 1. The molecule has 0 spiro atoms. The average Bonchev–Trinajstić information content (AvgIpc) is 3.38. The Morgan fingerprint density at radius 2 is 2.05 bits per heavy atom. The lowest BCUT2D eigenvalue weighted by Crippen LogP contribution is -2.46. The molecule has 1 saturated carbocycles. The number of rotatable bonds is 5. The fourth-order valence-corrected chi connectivity index (χ4v) is 2.60. The number of nitrogens with one attached hydrogen (secondary N) is 2. The summed E-state index contributed by atoms with van der Waals surface area (Å²) in [4.78, 5) is 24.9. The monoisotopic (exact) mass is 304 g/mol. The van der Waals surface area contributed by atoms with E-state index >= 15 is 0 Å². The topological polar surface area (TPSA) is 73.4 Å². The lowest BCUT2D eigenvalue weighted by Gasteiger charge is -2.34. The van der Waals surface area contributed by atoms with Gasteiger partial charge in [0.05, 0.1) is 0 Å². The number of anilines is 2. The standard InChI is InChI=1S/C15H24N6O/c1-2-20-5-7-21(8-6-20)14-9-13(17-11-18-14)19-15(22)16-10-12-3-4-12/h9,11-12H,2-8,10H2,1H3,(H2,16,17,18,19,22). The van der Waals surface area contributed by atoms with E-state index in [1.807, 2.05) is 6.07 Å². The normalized spacial score (nSPS) is 19.0. The molecule has 120 valence electrons. The van der Waals surface area contributed by atoms with Crippen LogP contribution in [0.15, 0.2) is 12.4 Å². The number of urea groups is 1. The molecule has 1 aliphatic heterocycles. The van der Waals surface area contributed by atoms with Crippen LogP contribution >= 0.6 is 0 Å². The van der Waals surface area contributed by atoms with E-state index in [9.17, 15) is 4.79 Å². The Kier molecular flexibility index (Phi) is 4.72. The zero-order valence-corrected chi connectivity index (χ0v) is 13.1. The van der Waals surface area contributed by atoms with E-state index in [-0.39, 0.29) is 6.03 Å². The van der Waals surface area contributed by atoms with Gasteiger partial charge in [0, 0.05) is 38.8 Å². The van der Waals surface area contributed by atoms with Crippen molar-refractivity contribution in [3.63, 3.8) is 0 Å². The summed E-state index contributed by atoms with van der Waals surface area (Å²) in [5, 5.41) is 5.66. The van der Waals surface area contributed by atoms with Crippen molar-refractivity contribution in [1.29, 1.82) is 0 Å². The molecular weight excluding hydrogens is 280 g/mol. The largest absolute Gasteiger partial charge is 0.354 e. The minimum Gasteiger partial charge on any atom is -0.354 e. The molecule has 0 atom stereocenters. The lowest BCUT2D eigenvalue weighted by atomic mass is 10.3. The number of likely N-dealkylation sites (N-methyl/N-ethyl adjacent to an activating group) is 1. The Morgan fingerprint density at radius 1 is 1.27 bits per heavy atom. The summed E-state index contributed by atoms with van der Waals surface area (Å²) in [7, 11) is 0. The van der Waals surface area contributed by atoms with Crippen LogP contribution in [-0.2, 0) is 0 Å². The number of carbonyl (C=O) groups excluding carboxylic acids is 1. The lowest BCUT2D eigenvalue weighted by molar-refractivity contribution is 0.251. The zero-order valence-electron chi connectivity index (χ0n) is 13.1. The van der Waals surface area contributed by atoms with Crippen molar-refractivity contribution in [3.05, 3.63) is 12.4 Å². The van der Waals surface area contributed by atoms with Crippen LogP contribution in [0.4, 0.5) is 16.4 Å². The van der Waals surface area contributed by atoms with E-state index in [1.165, 1.54) is 19.2 Å². The van der Waals surface area contributed by atoms with Gasteiger partial charge in [-0.25, -0.2) is 14.8 Å². The molecule has 2 heterocycles. The highest BCUT2D eigenvalue weighted by atomic mass is 16.2. The first-order valence-corrected chi connectivity index (χ1v) is 8.09. The second-order valence-electron chi connectivity index (χ2n) is 5.96. The summed E-state index contributed by atoms with van der Waals surface area (Å²) in [5.41, 5.74) is 0. The molecule has 7 nitrogen and oxygen atoms in total. The molecule has 2 N–H and O–H groups in total. The van der Waals surface area contributed by atoms with E-state index in [0.29, 0.717) is 11.7 Å². The van der Waals surface area contributed by atoms with Gasteiger partial charge in [0.25, 0.3) is 0 Å². The maximum absolute atomic E-state index is 11.8. The predicted octanol–water partition coefficient (Wildman–Crippen LogP) is 1.15. The third-order valence-corrected chi connectivity index (χ3v) is 4.29. The fraction of sp³-hybridized carbons (Fsp3) is 0.667. The van der Waals surface area contributed by atoms with Crippen LogP contribution in [-0.4, -0.2) is 60.2 Å². The van der Waals surface area contributed by atoms with E-state index in [2.05, 4.69) is 37.3 Å². The number of aromatic nitrogens is 2. The van der Waals surface area contributed by atoms with Gasteiger partial charge in [0.15, 0.2) is 0 Å². The maximum atomic E-state index is 11.8. The third-order valence-electron chi connectivity index (χ3n) is 4.29. The quantitative estimate of drug-likeness (QED) is 0.854. The first-order chi connectivity index (χ1) is 10.7. The molecule has 2 amide bonds. The average molecular weight is 304 g/mol. The molecule has 0 bridgehead atoms. The van der Waals surface area contributed by atoms with Crippen molar-refractivity contribution in [2.75, 3.05) is 49.5 Å². The summed E-state index contributed by atoms with van der Waals surface area (Å²) >= 11 is 0. The van der Waals surface area contributed by atoms with Crippen LogP contribution in [0.2, 0.25) is 0 Å². The Balaban J connectivity index is 1.54. The molecule has 0 radical (unpaired) electrons. The highest BCUT2D eigenvalue weighted by molar-refractivity contribution is 5.88. The first-order valence-electron chi connectivity index (χ1n) is 8.09. The summed E-state index contributed by atoms with van der Waals surface area (Å²) in [6.07, 6.45) is 3.96. The fourth-order valence-electron chi connectivity index (χ4n) is 2.60. The molecule has 1 saturated heterocycles. The number of piperazine rings is 1. The van der Waals surface area contributed by atoms with Gasteiger partial charge < -0.3 is 15.1 Å². The van der Waals surface area contributed by atoms with Gasteiger partial charge in [0.2, 0.25) is 0 Å². The molecule has 0 unspecified atom stereocenters. The van der Waals surface area contributed by atoms with Crippen molar-refractivity contribution in [1.82, 2.24) is 20.2 Å². The van der Waals surface area contributed by atoms with Gasteiger partial charge in [0.1, 0.15) is 18.0 Å². The molecule has 2 fully saturated rings. The Morgan fingerprint density at radius 3 is 2.73 bits per heavy atom. The van der Waals surface area contributed by atoms with Crippen molar-refractivity contribution in [3.8, 4) is 0 Å². The number of hydrogen-bond acceptors (Lipinski definition) is 5. The van der Waals surface area contributed by atoms with Crippen LogP contribution < -0.4 is 15.5 Å².